The number of nitrogens with one attached hydrogen (secondary N) is 1. The lowest BCUT2D eigenvalue weighted by Crippen LogP contribution is -2.36. The van der Waals surface area contributed by atoms with Crippen molar-refractivity contribution in [2.45, 2.75) is 6.42 Å². The minimum absolute atomic E-state index is 0.0838. The van der Waals surface area contributed by atoms with Crippen LogP contribution < -0.4 is 10.4 Å². The summed E-state index contributed by atoms with van der Waals surface area (Å²) in [7, 11) is 0. The second kappa shape index (κ2) is 10.7. The molecule has 0 saturated heterocycles. The van der Waals surface area contributed by atoms with Gasteiger partial charge < -0.3 is 5.11 Å². The number of carbonyl (C=O) groups is 2. The van der Waals surface area contributed by atoms with Crippen LogP contribution in [0.3, 0.4) is 0 Å². The molecule has 1 aliphatic rings. The third kappa shape index (κ3) is 5.16. The summed E-state index contributed by atoms with van der Waals surface area (Å²) in [5, 5.41) is 20.7. The topological polar surface area (TPSA) is 94.4 Å². The van der Waals surface area contributed by atoms with E-state index in [-0.39, 0.29) is 17.2 Å². The van der Waals surface area contributed by atoms with Gasteiger partial charge in [-0.1, -0.05) is 91.0 Å². The van der Waals surface area contributed by atoms with Crippen molar-refractivity contribution in [2.75, 3.05) is 5.01 Å². The van der Waals surface area contributed by atoms with E-state index < -0.39 is 11.8 Å². The zero-order valence-electron chi connectivity index (χ0n) is 19.9. The molecule has 0 radical (unpaired) electrons. The number of rotatable bonds is 7. The zero-order valence-corrected chi connectivity index (χ0v) is 19.9. The molecular formula is C30H24N4O3. The molecule has 7 nitrogen and oxygen atoms in total. The van der Waals surface area contributed by atoms with Crippen molar-refractivity contribution in [1.82, 2.24) is 5.43 Å². The summed E-state index contributed by atoms with van der Waals surface area (Å²) in [6, 6.07) is 34.4. The first-order chi connectivity index (χ1) is 18.1. The summed E-state index contributed by atoms with van der Waals surface area (Å²) in [4.78, 5) is 26.7. The molecule has 1 unspecified atom stereocenters. The van der Waals surface area contributed by atoms with E-state index in [0.29, 0.717) is 29.1 Å². The number of hydrogen-bond donors (Lipinski definition) is 2. The predicted molar refractivity (Wildman–Crippen MR) is 144 cm³/mol. The summed E-state index contributed by atoms with van der Waals surface area (Å²) in [5.74, 6) is -1.84. The Morgan fingerprint density at radius 1 is 0.838 bits per heavy atom. The zero-order chi connectivity index (χ0) is 25.6. The van der Waals surface area contributed by atoms with Crippen molar-refractivity contribution < 1.29 is 14.7 Å². The van der Waals surface area contributed by atoms with Crippen LogP contribution in [-0.4, -0.2) is 28.3 Å². The van der Waals surface area contributed by atoms with E-state index >= 15 is 0 Å². The van der Waals surface area contributed by atoms with E-state index in [1.165, 1.54) is 17.1 Å². The number of carbonyl (C=O) groups excluding carboxylic acids is 2. The Labute approximate surface area is 214 Å². The molecule has 2 N–H and O–H groups in total. The Balaban J connectivity index is 1.56. The van der Waals surface area contributed by atoms with Crippen LogP contribution in [0.25, 0.3) is 0 Å². The highest BCUT2D eigenvalue weighted by Gasteiger charge is 2.40. The number of hydrogen-bond acceptors (Lipinski definition) is 5. The average molecular weight is 489 g/mol. The molecular weight excluding hydrogens is 464 g/mol. The quantitative estimate of drug-likeness (QED) is 0.289. The van der Waals surface area contributed by atoms with Crippen molar-refractivity contribution in [3.05, 3.63) is 132 Å². The number of anilines is 1. The maximum atomic E-state index is 13.9. The average Bonchev–Trinajstić information content (AvgIpc) is 3.26. The molecule has 1 aliphatic heterocycles. The van der Waals surface area contributed by atoms with E-state index in [4.69, 9.17) is 5.10 Å². The molecule has 0 aromatic heterocycles. The summed E-state index contributed by atoms with van der Waals surface area (Å²) in [5.41, 5.74) is 5.92. The van der Waals surface area contributed by atoms with E-state index in [2.05, 4.69) is 10.5 Å². The largest absolute Gasteiger partial charge is 0.507 e. The standard InChI is InChI=1S/C30H24N4O3/c35-26-19-11-10-18-24(26)29(36)32-31-28(22-14-6-2-7-15-22)27-25(20-21-12-4-1-5-13-21)33-34(30(27)37)23-16-8-3-9-17-23/h1-19,27,35H,20H2,(H,32,36)/b31-28+. The number of amides is 2. The summed E-state index contributed by atoms with van der Waals surface area (Å²) in [6.07, 6.45) is 0.430. The molecule has 37 heavy (non-hydrogen) atoms. The lowest BCUT2D eigenvalue weighted by atomic mass is 9.89. The van der Waals surface area contributed by atoms with Gasteiger partial charge in [0.25, 0.3) is 11.8 Å². The van der Waals surface area contributed by atoms with Gasteiger partial charge in [-0.2, -0.15) is 15.2 Å². The van der Waals surface area contributed by atoms with Crippen molar-refractivity contribution in [3.8, 4) is 5.75 Å². The maximum Gasteiger partial charge on any atom is 0.275 e. The number of aromatic hydroxyl groups is 1. The normalized spacial score (nSPS) is 15.4. The Hall–Kier alpha value is -5.04. The van der Waals surface area contributed by atoms with Gasteiger partial charge in [0, 0.05) is 6.42 Å². The number of hydrazone groups is 2. The summed E-state index contributed by atoms with van der Waals surface area (Å²) < 4.78 is 0. The van der Waals surface area contributed by atoms with Crippen LogP contribution in [0.1, 0.15) is 21.5 Å². The number of phenols is 1. The number of benzene rings is 4. The van der Waals surface area contributed by atoms with Gasteiger partial charge in [-0.05, 0) is 35.4 Å². The first-order valence-electron chi connectivity index (χ1n) is 11.8. The molecule has 0 fully saturated rings. The van der Waals surface area contributed by atoms with Crippen LogP contribution in [0, 0.1) is 5.92 Å². The first-order valence-corrected chi connectivity index (χ1v) is 11.8. The molecule has 2 amide bonds. The van der Waals surface area contributed by atoms with Crippen molar-refractivity contribution in [2.24, 2.45) is 16.1 Å². The number of phenolic OH excluding ortho intramolecular Hbond substituents is 1. The van der Waals surface area contributed by atoms with E-state index in [9.17, 15) is 14.7 Å². The minimum atomic E-state index is -0.826. The van der Waals surface area contributed by atoms with E-state index in [0.717, 1.165) is 5.56 Å². The first kappa shape index (κ1) is 23.7. The summed E-state index contributed by atoms with van der Waals surface area (Å²) >= 11 is 0. The molecule has 4 aromatic rings. The van der Waals surface area contributed by atoms with Gasteiger partial charge in [0.1, 0.15) is 11.7 Å². The van der Waals surface area contributed by atoms with Crippen molar-refractivity contribution >= 4 is 28.9 Å². The lowest BCUT2D eigenvalue weighted by Gasteiger charge is -2.17. The van der Waals surface area contributed by atoms with Gasteiger partial charge in [0.15, 0.2) is 0 Å². The Kier molecular flexibility index (Phi) is 6.85. The van der Waals surface area contributed by atoms with Crippen molar-refractivity contribution in [1.29, 1.82) is 0 Å². The second-order valence-corrected chi connectivity index (χ2v) is 8.49. The minimum Gasteiger partial charge on any atom is -0.507 e. The summed E-state index contributed by atoms with van der Waals surface area (Å²) in [6.45, 7) is 0. The second-order valence-electron chi connectivity index (χ2n) is 8.49. The fourth-order valence-corrected chi connectivity index (χ4v) is 4.21. The predicted octanol–water partition coefficient (Wildman–Crippen LogP) is 4.79. The fraction of sp³-hybridized carbons (Fsp3) is 0.0667. The molecule has 0 aliphatic carbocycles. The van der Waals surface area contributed by atoms with E-state index in [1.807, 2.05) is 91.0 Å². The highest BCUT2D eigenvalue weighted by atomic mass is 16.3. The lowest BCUT2D eigenvalue weighted by molar-refractivity contribution is -0.118. The van der Waals surface area contributed by atoms with Crippen LogP contribution in [0.5, 0.6) is 5.75 Å². The molecule has 0 saturated carbocycles. The highest BCUT2D eigenvalue weighted by Crippen LogP contribution is 2.28. The number of para-hydroxylation sites is 2. The Morgan fingerprint density at radius 2 is 1.43 bits per heavy atom. The molecule has 7 heteroatoms. The molecule has 182 valence electrons. The molecule has 1 heterocycles. The van der Waals surface area contributed by atoms with Crippen LogP contribution >= 0.6 is 0 Å². The van der Waals surface area contributed by atoms with Gasteiger partial charge >= 0.3 is 0 Å². The van der Waals surface area contributed by atoms with Crippen LogP contribution in [0.4, 0.5) is 5.69 Å². The smallest absolute Gasteiger partial charge is 0.275 e. The van der Waals surface area contributed by atoms with Gasteiger partial charge in [0.05, 0.1) is 22.7 Å². The SMILES string of the molecule is O=C(N/N=C(\c1ccccc1)C1C(=O)N(c2ccccc2)N=C1Cc1ccccc1)c1ccccc1O. The maximum absolute atomic E-state index is 13.9. The molecule has 5 rings (SSSR count). The fourth-order valence-electron chi connectivity index (χ4n) is 4.21. The van der Waals surface area contributed by atoms with Crippen LogP contribution in [0.2, 0.25) is 0 Å². The van der Waals surface area contributed by atoms with Gasteiger partial charge in [-0.3, -0.25) is 9.59 Å². The van der Waals surface area contributed by atoms with E-state index in [1.54, 1.807) is 12.1 Å². The molecule has 4 aromatic carbocycles. The monoisotopic (exact) mass is 488 g/mol. The van der Waals surface area contributed by atoms with Gasteiger partial charge in [-0.15, -0.1) is 0 Å². The molecule has 0 bridgehead atoms. The van der Waals surface area contributed by atoms with Crippen molar-refractivity contribution in [3.63, 3.8) is 0 Å². The molecule has 1 atom stereocenters. The third-order valence-corrected chi connectivity index (χ3v) is 6.02. The van der Waals surface area contributed by atoms with Crippen LogP contribution in [-0.2, 0) is 11.2 Å². The Morgan fingerprint density at radius 3 is 2.11 bits per heavy atom. The van der Waals surface area contributed by atoms with Gasteiger partial charge in [0.2, 0.25) is 0 Å². The number of nitrogens with zero attached hydrogens (tertiary/aromatic N) is 3. The highest BCUT2D eigenvalue weighted by molar-refractivity contribution is 6.32. The Bertz CT molecular complexity index is 1470. The third-order valence-electron chi connectivity index (χ3n) is 6.02. The molecule has 0 spiro atoms. The van der Waals surface area contributed by atoms with Gasteiger partial charge in [-0.25, -0.2) is 5.43 Å². The van der Waals surface area contributed by atoms with Crippen LogP contribution in [0.15, 0.2) is 125 Å².